The molecule has 0 bridgehead atoms. The normalized spacial score (nSPS) is 20.8. The molecule has 2 unspecified atom stereocenters. The van der Waals surface area contributed by atoms with E-state index in [2.05, 4.69) is 16.4 Å². The Morgan fingerprint density at radius 3 is 3.05 bits per heavy atom. The molecule has 0 aliphatic heterocycles. The number of pyridine rings is 1. The zero-order chi connectivity index (χ0) is 13.2. The fourth-order valence-corrected chi connectivity index (χ4v) is 2.65. The summed E-state index contributed by atoms with van der Waals surface area (Å²) >= 11 is 0. The maximum Gasteiger partial charge on any atom is 0.227 e. The van der Waals surface area contributed by atoms with Crippen LogP contribution in [-0.2, 0) is 11.2 Å². The summed E-state index contributed by atoms with van der Waals surface area (Å²) in [7, 11) is 0. The molecule has 1 amide bonds. The number of rotatable bonds is 3. The van der Waals surface area contributed by atoms with E-state index in [1.807, 2.05) is 36.4 Å². The van der Waals surface area contributed by atoms with Gasteiger partial charge in [0.25, 0.3) is 0 Å². The van der Waals surface area contributed by atoms with E-state index in [0.717, 1.165) is 23.4 Å². The van der Waals surface area contributed by atoms with Gasteiger partial charge in [-0.25, -0.2) is 4.98 Å². The van der Waals surface area contributed by atoms with Crippen molar-refractivity contribution in [2.75, 3.05) is 5.32 Å². The fraction of sp³-hybridized carbons (Fsp3) is 0.200. The van der Waals surface area contributed by atoms with Crippen LogP contribution < -0.4 is 11.1 Å². The lowest BCUT2D eigenvalue weighted by Crippen LogP contribution is -2.34. The number of hydrogen-bond acceptors (Lipinski definition) is 3. The largest absolute Gasteiger partial charge is 0.369 e. The van der Waals surface area contributed by atoms with Crippen LogP contribution in [-0.4, -0.2) is 16.9 Å². The number of anilines is 1. The quantitative estimate of drug-likeness (QED) is 0.869. The SMILES string of the molecule is NC(=O)C1c2cc[c]cc2CC1Nc1ccccn1. The van der Waals surface area contributed by atoms with Crippen molar-refractivity contribution in [2.45, 2.75) is 18.4 Å². The molecule has 1 aromatic carbocycles. The molecule has 0 spiro atoms. The number of primary amides is 1. The average Bonchev–Trinajstić information content (AvgIpc) is 2.77. The van der Waals surface area contributed by atoms with Gasteiger partial charge in [0, 0.05) is 12.2 Å². The van der Waals surface area contributed by atoms with Crippen LogP contribution in [0.4, 0.5) is 5.82 Å². The lowest BCUT2D eigenvalue weighted by atomic mass is 9.98. The lowest BCUT2D eigenvalue weighted by molar-refractivity contribution is -0.119. The van der Waals surface area contributed by atoms with Gasteiger partial charge in [-0.1, -0.05) is 24.3 Å². The Hall–Kier alpha value is -2.36. The molecule has 1 radical (unpaired) electrons. The molecule has 0 fully saturated rings. The minimum absolute atomic E-state index is 0.0433. The third-order valence-corrected chi connectivity index (χ3v) is 3.47. The van der Waals surface area contributed by atoms with Crippen LogP contribution in [0.5, 0.6) is 0 Å². The summed E-state index contributed by atoms with van der Waals surface area (Å²) in [6.07, 6.45) is 2.48. The first-order valence-electron chi connectivity index (χ1n) is 6.21. The molecule has 2 atom stereocenters. The van der Waals surface area contributed by atoms with E-state index in [-0.39, 0.29) is 17.9 Å². The van der Waals surface area contributed by atoms with Crippen LogP contribution in [0.1, 0.15) is 17.0 Å². The van der Waals surface area contributed by atoms with Crippen molar-refractivity contribution >= 4 is 11.7 Å². The Morgan fingerprint density at radius 2 is 2.32 bits per heavy atom. The third-order valence-electron chi connectivity index (χ3n) is 3.47. The van der Waals surface area contributed by atoms with Crippen molar-refractivity contribution in [1.29, 1.82) is 0 Å². The van der Waals surface area contributed by atoms with Crippen molar-refractivity contribution in [1.82, 2.24) is 4.98 Å². The van der Waals surface area contributed by atoms with Crippen LogP contribution >= 0.6 is 0 Å². The number of nitrogens with one attached hydrogen (secondary N) is 1. The predicted molar refractivity (Wildman–Crippen MR) is 72.6 cm³/mol. The number of carbonyl (C=O) groups is 1. The van der Waals surface area contributed by atoms with Gasteiger partial charge in [-0.05, 0) is 35.7 Å². The van der Waals surface area contributed by atoms with Crippen LogP contribution in [0.2, 0.25) is 0 Å². The number of aromatic nitrogens is 1. The number of benzene rings is 1. The van der Waals surface area contributed by atoms with E-state index in [9.17, 15) is 4.79 Å². The zero-order valence-corrected chi connectivity index (χ0v) is 10.3. The molecule has 1 aliphatic rings. The molecule has 2 aromatic rings. The third kappa shape index (κ3) is 2.17. The van der Waals surface area contributed by atoms with Crippen molar-refractivity contribution in [2.24, 2.45) is 5.73 Å². The molecule has 0 saturated carbocycles. The van der Waals surface area contributed by atoms with Gasteiger partial charge in [-0.15, -0.1) is 0 Å². The monoisotopic (exact) mass is 252 g/mol. The van der Waals surface area contributed by atoms with Gasteiger partial charge in [-0.2, -0.15) is 0 Å². The van der Waals surface area contributed by atoms with Crippen LogP contribution in [0, 0.1) is 6.07 Å². The standard InChI is InChI=1S/C15H14N3O/c16-15(19)14-11-6-2-1-5-10(11)9-12(14)18-13-7-3-4-8-17-13/h2-8,12,14H,9H2,(H2,16,19)(H,17,18). The summed E-state index contributed by atoms with van der Waals surface area (Å²) in [4.78, 5) is 15.9. The molecule has 4 heteroatoms. The first-order valence-corrected chi connectivity index (χ1v) is 6.21. The molecule has 3 N–H and O–H groups in total. The van der Waals surface area contributed by atoms with E-state index in [0.29, 0.717) is 0 Å². The highest BCUT2D eigenvalue weighted by Gasteiger charge is 2.36. The smallest absolute Gasteiger partial charge is 0.227 e. The summed E-state index contributed by atoms with van der Waals surface area (Å²) in [5.41, 5.74) is 7.67. The lowest BCUT2D eigenvalue weighted by Gasteiger charge is -2.19. The number of fused-ring (bicyclic) bond motifs is 1. The van der Waals surface area contributed by atoms with Crippen LogP contribution in [0.25, 0.3) is 0 Å². The van der Waals surface area contributed by atoms with Crippen molar-refractivity contribution in [3.8, 4) is 0 Å². The van der Waals surface area contributed by atoms with Gasteiger partial charge in [-0.3, -0.25) is 4.79 Å². The summed E-state index contributed by atoms with van der Waals surface area (Å²) in [5, 5.41) is 3.29. The van der Waals surface area contributed by atoms with E-state index >= 15 is 0 Å². The summed E-state index contributed by atoms with van der Waals surface area (Å²) in [5.74, 6) is 0.139. The number of nitrogens with two attached hydrogens (primary N) is 1. The Kier molecular flexibility index (Phi) is 2.91. The first-order chi connectivity index (χ1) is 9.25. The molecule has 0 saturated heterocycles. The van der Waals surface area contributed by atoms with Crippen LogP contribution in [0.15, 0.2) is 42.6 Å². The Labute approximate surface area is 111 Å². The average molecular weight is 252 g/mol. The van der Waals surface area contributed by atoms with Gasteiger partial charge in [0.1, 0.15) is 5.82 Å². The second-order valence-electron chi connectivity index (χ2n) is 4.67. The number of hydrogen-bond donors (Lipinski definition) is 2. The van der Waals surface area contributed by atoms with E-state index < -0.39 is 0 Å². The Morgan fingerprint density at radius 1 is 1.42 bits per heavy atom. The van der Waals surface area contributed by atoms with E-state index in [4.69, 9.17) is 5.73 Å². The van der Waals surface area contributed by atoms with E-state index in [1.54, 1.807) is 6.20 Å². The van der Waals surface area contributed by atoms with Crippen molar-refractivity contribution < 1.29 is 4.79 Å². The maximum atomic E-state index is 11.7. The number of nitrogens with zero attached hydrogens (tertiary/aromatic N) is 1. The van der Waals surface area contributed by atoms with E-state index in [1.165, 1.54) is 0 Å². The van der Waals surface area contributed by atoms with Gasteiger partial charge in [0.05, 0.1) is 5.92 Å². The highest BCUT2D eigenvalue weighted by Crippen LogP contribution is 2.34. The molecule has 1 aromatic heterocycles. The Balaban J connectivity index is 1.89. The van der Waals surface area contributed by atoms with Gasteiger partial charge in [0.15, 0.2) is 0 Å². The van der Waals surface area contributed by atoms with Crippen molar-refractivity contribution in [3.05, 3.63) is 59.8 Å². The molecule has 3 rings (SSSR count). The minimum atomic E-state index is -0.313. The minimum Gasteiger partial charge on any atom is -0.369 e. The second-order valence-corrected chi connectivity index (χ2v) is 4.67. The highest BCUT2D eigenvalue weighted by molar-refractivity contribution is 5.85. The number of amides is 1. The van der Waals surface area contributed by atoms with Crippen molar-refractivity contribution in [3.63, 3.8) is 0 Å². The molecule has 1 aliphatic carbocycles. The first kappa shape index (κ1) is 11.7. The summed E-state index contributed by atoms with van der Waals surface area (Å²) in [6.45, 7) is 0. The molecular weight excluding hydrogens is 238 g/mol. The molecule has 1 heterocycles. The molecular formula is C15H14N3O. The predicted octanol–water partition coefficient (Wildman–Crippen LogP) is 1.49. The summed E-state index contributed by atoms with van der Waals surface area (Å²) in [6, 6.07) is 14.3. The topological polar surface area (TPSA) is 68.0 Å². The Bertz CT molecular complexity index is 597. The summed E-state index contributed by atoms with van der Waals surface area (Å²) < 4.78 is 0. The van der Waals surface area contributed by atoms with Gasteiger partial charge >= 0.3 is 0 Å². The number of carbonyl (C=O) groups excluding carboxylic acids is 1. The molecule has 19 heavy (non-hydrogen) atoms. The second kappa shape index (κ2) is 4.72. The maximum absolute atomic E-state index is 11.7. The molecule has 95 valence electrons. The fourth-order valence-electron chi connectivity index (χ4n) is 2.65. The molecule has 4 nitrogen and oxygen atoms in total. The van der Waals surface area contributed by atoms with Crippen LogP contribution in [0.3, 0.4) is 0 Å². The van der Waals surface area contributed by atoms with Gasteiger partial charge in [0.2, 0.25) is 5.91 Å². The van der Waals surface area contributed by atoms with Gasteiger partial charge < -0.3 is 11.1 Å². The highest BCUT2D eigenvalue weighted by atomic mass is 16.1. The zero-order valence-electron chi connectivity index (χ0n) is 10.3.